The summed E-state index contributed by atoms with van der Waals surface area (Å²) in [6.07, 6.45) is 0. The van der Waals surface area contributed by atoms with Crippen molar-refractivity contribution >= 4 is 43.7 Å². The summed E-state index contributed by atoms with van der Waals surface area (Å²) in [5, 5.41) is 7.56. The van der Waals surface area contributed by atoms with Crippen LogP contribution in [0.25, 0.3) is 75.5 Å². The second kappa shape index (κ2) is 9.17. The molecule has 0 N–H and O–H groups in total. The van der Waals surface area contributed by atoms with Crippen molar-refractivity contribution in [2.75, 3.05) is 0 Å². The van der Waals surface area contributed by atoms with E-state index in [0.717, 1.165) is 17.1 Å². The summed E-state index contributed by atoms with van der Waals surface area (Å²) in [4.78, 5) is 2.52. The molecule has 0 amide bonds. The SMILES string of the molecule is c1cc2c3c(cccc3c1)-c1cc(-c3ccc(-c4ccc(-c5cccc6c5ccc5ccccc56)cc4)s3)ccc1O2. The molecule has 0 saturated carbocycles. The first-order chi connectivity index (χ1) is 20.8. The Hall–Kier alpha value is -5.18. The van der Waals surface area contributed by atoms with Crippen LogP contribution in [0.2, 0.25) is 0 Å². The second-order valence-electron chi connectivity index (χ2n) is 10.9. The quantitative estimate of drug-likeness (QED) is 0.198. The molecule has 0 bridgehead atoms. The molecule has 0 aliphatic carbocycles. The molecule has 2 heteroatoms. The van der Waals surface area contributed by atoms with Gasteiger partial charge >= 0.3 is 0 Å². The van der Waals surface area contributed by atoms with Crippen molar-refractivity contribution < 1.29 is 4.74 Å². The Bertz CT molecular complexity index is 2320. The first-order valence-electron chi connectivity index (χ1n) is 14.3. The summed E-state index contributed by atoms with van der Waals surface area (Å²) >= 11 is 1.83. The molecule has 0 unspecified atom stereocenters. The maximum Gasteiger partial charge on any atom is 0.135 e. The van der Waals surface area contributed by atoms with Crippen LogP contribution in [0.3, 0.4) is 0 Å². The van der Waals surface area contributed by atoms with Crippen LogP contribution in [-0.4, -0.2) is 0 Å². The van der Waals surface area contributed by atoms with Gasteiger partial charge in [0.2, 0.25) is 0 Å². The third kappa shape index (κ3) is 3.62. The maximum absolute atomic E-state index is 6.31. The van der Waals surface area contributed by atoms with Gasteiger partial charge in [-0.15, -0.1) is 11.3 Å². The Kier molecular flexibility index (Phi) is 5.13. The number of hydrogen-bond acceptors (Lipinski definition) is 2. The number of hydrogen-bond donors (Lipinski definition) is 0. The molecule has 0 radical (unpaired) electrons. The molecule has 0 fully saturated rings. The van der Waals surface area contributed by atoms with Gasteiger partial charge in [0, 0.05) is 20.7 Å². The average molecular weight is 553 g/mol. The zero-order chi connectivity index (χ0) is 27.6. The Morgan fingerprint density at radius 2 is 1.07 bits per heavy atom. The Morgan fingerprint density at radius 1 is 0.381 bits per heavy atom. The summed E-state index contributed by atoms with van der Waals surface area (Å²) in [6.45, 7) is 0. The van der Waals surface area contributed by atoms with Crippen LogP contribution in [0, 0.1) is 0 Å². The topological polar surface area (TPSA) is 9.23 Å². The summed E-state index contributed by atoms with van der Waals surface area (Å²) in [5.41, 5.74) is 7.34. The summed E-state index contributed by atoms with van der Waals surface area (Å²) in [6, 6.07) is 52.6. The van der Waals surface area contributed by atoms with Crippen LogP contribution in [-0.2, 0) is 0 Å². The van der Waals surface area contributed by atoms with Crippen molar-refractivity contribution in [2.24, 2.45) is 0 Å². The van der Waals surface area contributed by atoms with Crippen molar-refractivity contribution in [3.8, 4) is 54.6 Å². The van der Waals surface area contributed by atoms with Crippen molar-refractivity contribution in [1.82, 2.24) is 0 Å². The standard InChI is InChI=1S/C40H24OS/c1-2-9-30-25(6-1)18-20-33-31(10-5-11-32(30)33)26-14-16-27(17-15-26)38-22-23-39(42-38)29-19-21-36-35(24-29)34-12-3-7-28-8-4-13-37(41-36)40(28)34/h1-24H. The van der Waals surface area contributed by atoms with Crippen molar-refractivity contribution in [3.63, 3.8) is 0 Å². The second-order valence-corrected chi connectivity index (χ2v) is 12.0. The van der Waals surface area contributed by atoms with Crippen molar-refractivity contribution in [2.45, 2.75) is 0 Å². The Morgan fingerprint density at radius 3 is 1.98 bits per heavy atom. The van der Waals surface area contributed by atoms with Gasteiger partial charge in [-0.25, -0.2) is 0 Å². The first-order valence-corrected chi connectivity index (χ1v) is 15.1. The highest BCUT2D eigenvalue weighted by atomic mass is 32.1. The molecule has 7 aromatic carbocycles. The van der Waals surface area contributed by atoms with Crippen molar-refractivity contribution in [3.05, 3.63) is 146 Å². The fourth-order valence-electron chi connectivity index (χ4n) is 6.47. The van der Waals surface area contributed by atoms with Gasteiger partial charge in [-0.2, -0.15) is 0 Å². The smallest absolute Gasteiger partial charge is 0.135 e. The highest BCUT2D eigenvalue weighted by molar-refractivity contribution is 7.18. The molecule has 0 spiro atoms. The molecule has 9 rings (SSSR count). The number of fused-ring (bicyclic) bond motifs is 5. The normalized spacial score (nSPS) is 12.0. The van der Waals surface area contributed by atoms with Gasteiger partial charge < -0.3 is 4.74 Å². The van der Waals surface area contributed by atoms with E-state index in [1.807, 2.05) is 11.3 Å². The van der Waals surface area contributed by atoms with Crippen molar-refractivity contribution in [1.29, 1.82) is 0 Å². The van der Waals surface area contributed by atoms with E-state index in [0.29, 0.717) is 0 Å². The van der Waals surface area contributed by atoms with Gasteiger partial charge in [0.15, 0.2) is 0 Å². The van der Waals surface area contributed by atoms with Crippen LogP contribution in [0.15, 0.2) is 146 Å². The van der Waals surface area contributed by atoms with Crippen LogP contribution >= 0.6 is 11.3 Å². The van der Waals surface area contributed by atoms with Gasteiger partial charge in [-0.3, -0.25) is 0 Å². The largest absolute Gasteiger partial charge is 0.456 e. The average Bonchev–Trinajstić information content (AvgIpc) is 3.55. The molecule has 1 aliphatic rings. The molecule has 8 aromatic rings. The monoisotopic (exact) mass is 552 g/mol. The highest BCUT2D eigenvalue weighted by Crippen LogP contribution is 2.48. The fraction of sp³-hybridized carbons (Fsp3) is 0. The van der Waals surface area contributed by atoms with E-state index in [4.69, 9.17) is 4.74 Å². The summed E-state index contributed by atoms with van der Waals surface area (Å²) in [7, 11) is 0. The third-order valence-corrected chi connectivity index (χ3v) is 9.70. The van der Waals surface area contributed by atoms with E-state index >= 15 is 0 Å². The van der Waals surface area contributed by atoms with E-state index in [9.17, 15) is 0 Å². The van der Waals surface area contributed by atoms with Crippen LogP contribution in [0.5, 0.6) is 11.5 Å². The Balaban J connectivity index is 1.06. The van der Waals surface area contributed by atoms with Gasteiger partial charge in [0.25, 0.3) is 0 Å². The molecule has 1 aliphatic heterocycles. The van der Waals surface area contributed by atoms with Crippen LogP contribution in [0.1, 0.15) is 0 Å². The van der Waals surface area contributed by atoms with E-state index in [1.54, 1.807) is 0 Å². The number of ether oxygens (including phenoxy) is 1. The molecular formula is C40H24OS. The van der Waals surface area contributed by atoms with E-state index < -0.39 is 0 Å². The van der Waals surface area contributed by atoms with Gasteiger partial charge in [-0.1, -0.05) is 109 Å². The van der Waals surface area contributed by atoms with Gasteiger partial charge in [0.05, 0.1) is 0 Å². The minimum absolute atomic E-state index is 0.916. The van der Waals surface area contributed by atoms with Crippen LogP contribution in [0.4, 0.5) is 0 Å². The highest BCUT2D eigenvalue weighted by Gasteiger charge is 2.20. The first kappa shape index (κ1) is 23.5. The lowest BCUT2D eigenvalue weighted by Crippen LogP contribution is -1.97. The predicted molar refractivity (Wildman–Crippen MR) is 179 cm³/mol. The zero-order valence-corrected chi connectivity index (χ0v) is 23.5. The van der Waals surface area contributed by atoms with Crippen LogP contribution < -0.4 is 4.74 Å². The molecule has 2 heterocycles. The molecule has 1 nitrogen and oxygen atoms in total. The van der Waals surface area contributed by atoms with E-state index in [-0.39, 0.29) is 0 Å². The minimum Gasteiger partial charge on any atom is -0.456 e. The third-order valence-electron chi connectivity index (χ3n) is 8.51. The van der Waals surface area contributed by atoms with Gasteiger partial charge in [0.1, 0.15) is 11.5 Å². The van der Waals surface area contributed by atoms with E-state index in [1.165, 1.54) is 69.9 Å². The molecular weight excluding hydrogens is 529 g/mol. The predicted octanol–water partition coefficient (Wildman–Crippen LogP) is 12.0. The lowest BCUT2D eigenvalue weighted by molar-refractivity contribution is 0.487. The molecule has 0 atom stereocenters. The number of benzene rings is 7. The Labute approximate surface area is 247 Å². The number of rotatable bonds is 3. The maximum atomic E-state index is 6.31. The number of thiophene rings is 1. The van der Waals surface area contributed by atoms with E-state index in [2.05, 4.69) is 146 Å². The summed E-state index contributed by atoms with van der Waals surface area (Å²) < 4.78 is 6.31. The molecule has 196 valence electrons. The minimum atomic E-state index is 0.916. The van der Waals surface area contributed by atoms with Gasteiger partial charge in [-0.05, 0) is 91.1 Å². The zero-order valence-electron chi connectivity index (χ0n) is 22.7. The fourth-order valence-corrected chi connectivity index (χ4v) is 7.48. The molecule has 0 saturated heterocycles. The summed E-state index contributed by atoms with van der Waals surface area (Å²) in [5.74, 6) is 1.85. The molecule has 42 heavy (non-hydrogen) atoms. The molecule has 1 aromatic heterocycles. The lowest BCUT2D eigenvalue weighted by Gasteiger charge is -2.21. The lowest BCUT2D eigenvalue weighted by atomic mass is 9.93.